The molecule has 0 amide bonds. The molecule has 1 heterocycles. The fourth-order valence-corrected chi connectivity index (χ4v) is 2.78. The Morgan fingerprint density at radius 1 is 1.26 bits per heavy atom. The molecule has 19 heavy (non-hydrogen) atoms. The van der Waals surface area contributed by atoms with Crippen molar-refractivity contribution in [3.63, 3.8) is 0 Å². The van der Waals surface area contributed by atoms with Crippen LogP contribution in [0.25, 0.3) is 0 Å². The van der Waals surface area contributed by atoms with Gasteiger partial charge in [0.15, 0.2) is 5.75 Å². The predicted octanol–water partition coefficient (Wildman–Crippen LogP) is 4.96. The number of pyridine rings is 1. The molecule has 98 valence electrons. The third-order valence-electron chi connectivity index (χ3n) is 2.09. The lowest BCUT2D eigenvalue weighted by molar-refractivity contribution is -0.385. The first-order valence-corrected chi connectivity index (χ1v) is 6.87. The van der Waals surface area contributed by atoms with Crippen LogP contribution in [-0.2, 0) is 0 Å². The monoisotopic (exact) mass is 406 g/mol. The number of hydrogen-bond acceptors (Lipinski definition) is 4. The molecular weight excluding hydrogens is 403 g/mol. The Morgan fingerprint density at radius 2 is 1.89 bits per heavy atom. The minimum atomic E-state index is -0.489. The summed E-state index contributed by atoms with van der Waals surface area (Å²) in [4.78, 5) is 14.2. The molecule has 0 aliphatic carbocycles. The van der Waals surface area contributed by atoms with E-state index in [1.54, 1.807) is 18.2 Å². The first-order chi connectivity index (χ1) is 8.97. The lowest BCUT2D eigenvalue weighted by atomic mass is 10.3. The first kappa shape index (κ1) is 14.2. The number of rotatable bonds is 3. The van der Waals surface area contributed by atoms with Gasteiger partial charge < -0.3 is 4.74 Å². The van der Waals surface area contributed by atoms with E-state index in [0.717, 1.165) is 0 Å². The molecule has 0 aliphatic rings. The van der Waals surface area contributed by atoms with Crippen LogP contribution < -0.4 is 4.74 Å². The van der Waals surface area contributed by atoms with Gasteiger partial charge in [0, 0.05) is 18.2 Å². The van der Waals surface area contributed by atoms with Crippen molar-refractivity contribution in [3.05, 3.63) is 54.5 Å². The van der Waals surface area contributed by atoms with Gasteiger partial charge in [0.25, 0.3) is 5.69 Å². The van der Waals surface area contributed by atoms with E-state index in [-0.39, 0.29) is 5.69 Å². The Kier molecular flexibility index (Phi) is 4.38. The van der Waals surface area contributed by atoms with E-state index in [1.165, 1.54) is 12.1 Å². The van der Waals surface area contributed by atoms with Gasteiger partial charge in [-0.2, -0.15) is 0 Å². The number of non-ortho nitro benzene ring substituents is 1. The molecule has 1 aromatic heterocycles. The van der Waals surface area contributed by atoms with Crippen LogP contribution in [0.2, 0.25) is 5.15 Å². The molecule has 0 spiro atoms. The predicted molar refractivity (Wildman–Crippen MR) is 77.8 cm³/mol. The van der Waals surface area contributed by atoms with Crippen molar-refractivity contribution in [1.29, 1.82) is 0 Å². The van der Waals surface area contributed by atoms with Crippen molar-refractivity contribution in [2.45, 2.75) is 0 Å². The van der Waals surface area contributed by atoms with Gasteiger partial charge >= 0.3 is 0 Å². The largest absolute Gasteiger partial charge is 0.437 e. The topological polar surface area (TPSA) is 65.3 Å². The third-order valence-corrected chi connectivity index (χ3v) is 3.48. The van der Waals surface area contributed by atoms with Gasteiger partial charge in [-0.05, 0) is 37.9 Å². The molecule has 8 heteroatoms. The number of benzene rings is 1. The number of nitro benzene ring substituents is 1. The summed E-state index contributed by atoms with van der Waals surface area (Å²) in [5.74, 6) is 0.683. The van der Waals surface area contributed by atoms with Gasteiger partial charge in [-0.1, -0.05) is 17.7 Å². The van der Waals surface area contributed by atoms with Crippen molar-refractivity contribution in [3.8, 4) is 11.6 Å². The quantitative estimate of drug-likeness (QED) is 0.409. The highest BCUT2D eigenvalue weighted by Crippen LogP contribution is 2.39. The lowest BCUT2D eigenvalue weighted by Crippen LogP contribution is -1.93. The summed E-state index contributed by atoms with van der Waals surface area (Å²) in [6, 6.07) is 7.65. The molecule has 0 saturated heterocycles. The van der Waals surface area contributed by atoms with Crippen LogP contribution in [0.15, 0.2) is 39.3 Å². The van der Waals surface area contributed by atoms with Crippen molar-refractivity contribution in [2.75, 3.05) is 0 Å². The summed E-state index contributed by atoms with van der Waals surface area (Å²) in [7, 11) is 0. The summed E-state index contributed by atoms with van der Waals surface area (Å²) in [6.45, 7) is 0. The van der Waals surface area contributed by atoms with Gasteiger partial charge in [0.05, 0.1) is 13.9 Å². The van der Waals surface area contributed by atoms with Crippen molar-refractivity contribution in [1.82, 2.24) is 4.98 Å². The van der Waals surface area contributed by atoms with Gasteiger partial charge in [0.2, 0.25) is 5.88 Å². The highest BCUT2D eigenvalue weighted by molar-refractivity contribution is 9.11. The second kappa shape index (κ2) is 5.85. The summed E-state index contributed by atoms with van der Waals surface area (Å²) < 4.78 is 6.42. The standard InChI is InChI=1S/C11H5Br2ClN2O3/c12-7-4-6(16(17)18)5-8(13)11(7)19-10-3-1-2-9(14)15-10/h1-5H. The van der Waals surface area contributed by atoms with Crippen LogP contribution in [0, 0.1) is 10.1 Å². The van der Waals surface area contributed by atoms with E-state index in [2.05, 4.69) is 36.8 Å². The Balaban J connectivity index is 2.38. The van der Waals surface area contributed by atoms with E-state index >= 15 is 0 Å². The van der Waals surface area contributed by atoms with Gasteiger partial charge in [-0.25, -0.2) is 4.98 Å². The average Bonchev–Trinajstić information content (AvgIpc) is 2.33. The highest BCUT2D eigenvalue weighted by Gasteiger charge is 2.16. The molecule has 0 bridgehead atoms. The van der Waals surface area contributed by atoms with Crippen LogP contribution in [0.4, 0.5) is 5.69 Å². The maximum Gasteiger partial charge on any atom is 0.271 e. The summed E-state index contributed by atoms with van der Waals surface area (Å²) >= 11 is 12.2. The number of halogens is 3. The maximum absolute atomic E-state index is 10.7. The number of nitrogens with zero attached hydrogens (tertiary/aromatic N) is 2. The number of hydrogen-bond donors (Lipinski definition) is 0. The molecule has 0 unspecified atom stereocenters. The lowest BCUT2D eigenvalue weighted by Gasteiger charge is -2.09. The Hall–Kier alpha value is -1.18. The molecule has 5 nitrogen and oxygen atoms in total. The Morgan fingerprint density at radius 3 is 2.42 bits per heavy atom. The fraction of sp³-hybridized carbons (Fsp3) is 0. The van der Waals surface area contributed by atoms with Crippen molar-refractivity contribution < 1.29 is 9.66 Å². The van der Waals surface area contributed by atoms with Crippen LogP contribution in [0.3, 0.4) is 0 Å². The Labute approximate surface area is 130 Å². The zero-order chi connectivity index (χ0) is 14.0. The van der Waals surface area contributed by atoms with Crippen LogP contribution >= 0.6 is 43.5 Å². The van der Waals surface area contributed by atoms with E-state index < -0.39 is 4.92 Å². The van der Waals surface area contributed by atoms with E-state index in [0.29, 0.717) is 25.7 Å². The molecule has 0 saturated carbocycles. The summed E-state index contributed by atoms with van der Waals surface area (Å²) in [5, 5.41) is 11.0. The van der Waals surface area contributed by atoms with Crippen molar-refractivity contribution in [2.24, 2.45) is 0 Å². The Bertz CT molecular complexity index is 629. The average molecular weight is 408 g/mol. The summed E-state index contributed by atoms with van der Waals surface area (Å²) in [5.41, 5.74) is -0.0508. The van der Waals surface area contributed by atoms with Gasteiger partial charge in [-0.3, -0.25) is 10.1 Å². The molecule has 0 radical (unpaired) electrons. The van der Waals surface area contributed by atoms with E-state index in [4.69, 9.17) is 16.3 Å². The molecule has 0 atom stereocenters. The molecule has 0 aliphatic heterocycles. The number of ether oxygens (including phenoxy) is 1. The first-order valence-electron chi connectivity index (χ1n) is 4.91. The molecule has 0 N–H and O–H groups in total. The second-order valence-corrected chi connectivity index (χ2v) is 5.49. The smallest absolute Gasteiger partial charge is 0.271 e. The molecular formula is C11H5Br2ClN2O3. The second-order valence-electron chi connectivity index (χ2n) is 3.40. The van der Waals surface area contributed by atoms with Gasteiger partial charge in [-0.15, -0.1) is 0 Å². The molecule has 2 aromatic rings. The molecule has 1 aromatic carbocycles. The SMILES string of the molecule is O=[N+]([O-])c1cc(Br)c(Oc2cccc(Cl)n2)c(Br)c1. The zero-order valence-corrected chi connectivity index (χ0v) is 13.1. The number of aromatic nitrogens is 1. The highest BCUT2D eigenvalue weighted by atomic mass is 79.9. The molecule has 2 rings (SSSR count). The number of nitro groups is 1. The van der Waals surface area contributed by atoms with Crippen LogP contribution in [-0.4, -0.2) is 9.91 Å². The fourth-order valence-electron chi connectivity index (χ4n) is 1.30. The minimum Gasteiger partial charge on any atom is -0.437 e. The van der Waals surface area contributed by atoms with E-state index in [9.17, 15) is 10.1 Å². The van der Waals surface area contributed by atoms with E-state index in [1.807, 2.05) is 0 Å². The summed E-state index contributed by atoms with van der Waals surface area (Å²) in [6.07, 6.45) is 0. The zero-order valence-electron chi connectivity index (χ0n) is 9.14. The maximum atomic E-state index is 10.7. The minimum absolute atomic E-state index is 0.0508. The third kappa shape index (κ3) is 3.43. The van der Waals surface area contributed by atoms with Gasteiger partial charge in [0.1, 0.15) is 5.15 Å². The van der Waals surface area contributed by atoms with Crippen LogP contribution in [0.5, 0.6) is 11.6 Å². The normalized spacial score (nSPS) is 10.3. The molecule has 0 fully saturated rings. The van der Waals surface area contributed by atoms with Crippen molar-refractivity contribution >= 4 is 49.1 Å². The van der Waals surface area contributed by atoms with Crippen LogP contribution in [0.1, 0.15) is 0 Å².